The van der Waals surface area contributed by atoms with Gasteiger partial charge in [-0.3, -0.25) is 4.98 Å². The fraction of sp³-hybridized carbons (Fsp3) is 0.214. The molecule has 2 aromatic rings. The lowest BCUT2D eigenvalue weighted by Gasteiger charge is -2.14. The zero-order chi connectivity index (χ0) is 13.0. The highest BCUT2D eigenvalue weighted by Crippen LogP contribution is 2.18. The molecular formula is C14H14Cl2N2. The number of benzene rings is 1. The van der Waals surface area contributed by atoms with E-state index in [4.69, 9.17) is 23.2 Å². The fourth-order valence-electron chi connectivity index (χ4n) is 1.68. The Morgan fingerprint density at radius 1 is 1.17 bits per heavy atom. The number of pyridine rings is 1. The Labute approximate surface area is 117 Å². The van der Waals surface area contributed by atoms with Crippen molar-refractivity contribution in [1.82, 2.24) is 10.3 Å². The van der Waals surface area contributed by atoms with Crippen molar-refractivity contribution in [1.29, 1.82) is 0 Å². The molecule has 0 saturated carbocycles. The summed E-state index contributed by atoms with van der Waals surface area (Å²) in [7, 11) is 0. The molecule has 0 spiro atoms. The minimum atomic E-state index is 0.242. The van der Waals surface area contributed by atoms with Crippen molar-refractivity contribution in [3.63, 3.8) is 0 Å². The van der Waals surface area contributed by atoms with Crippen LogP contribution < -0.4 is 5.32 Å². The summed E-state index contributed by atoms with van der Waals surface area (Å²) in [6, 6.07) is 10.0. The van der Waals surface area contributed by atoms with Crippen LogP contribution in [-0.4, -0.2) is 4.98 Å². The maximum atomic E-state index is 6.05. The molecule has 18 heavy (non-hydrogen) atoms. The van der Waals surface area contributed by atoms with Gasteiger partial charge >= 0.3 is 0 Å². The van der Waals surface area contributed by atoms with Gasteiger partial charge < -0.3 is 5.32 Å². The lowest BCUT2D eigenvalue weighted by molar-refractivity contribution is 0.574. The Hall–Kier alpha value is -1.09. The minimum Gasteiger partial charge on any atom is -0.306 e. The molecule has 4 heteroatoms. The first-order chi connectivity index (χ1) is 8.66. The summed E-state index contributed by atoms with van der Waals surface area (Å²) in [5.41, 5.74) is 2.25. The van der Waals surface area contributed by atoms with Gasteiger partial charge in [-0.05, 0) is 36.2 Å². The first kappa shape index (κ1) is 13.3. The summed E-state index contributed by atoms with van der Waals surface area (Å²) in [4.78, 5) is 3.97. The third-order valence-corrected chi connectivity index (χ3v) is 3.42. The van der Waals surface area contributed by atoms with Crippen LogP contribution in [0.25, 0.3) is 0 Å². The normalized spacial score (nSPS) is 12.4. The first-order valence-electron chi connectivity index (χ1n) is 5.74. The molecule has 2 nitrogen and oxygen atoms in total. The minimum absolute atomic E-state index is 0.242. The number of nitrogens with zero attached hydrogens (tertiary/aromatic N) is 1. The molecule has 1 atom stereocenters. The zero-order valence-electron chi connectivity index (χ0n) is 10.0. The Balaban J connectivity index is 1.98. The van der Waals surface area contributed by atoms with Crippen molar-refractivity contribution in [2.75, 3.05) is 0 Å². The lowest BCUT2D eigenvalue weighted by atomic mass is 10.1. The second kappa shape index (κ2) is 6.19. The molecule has 1 heterocycles. The Morgan fingerprint density at radius 2 is 1.89 bits per heavy atom. The molecular weight excluding hydrogens is 267 g/mol. The highest BCUT2D eigenvalue weighted by Gasteiger charge is 2.06. The van der Waals surface area contributed by atoms with Crippen LogP contribution in [0.4, 0.5) is 0 Å². The molecule has 1 N–H and O–H groups in total. The molecule has 0 radical (unpaired) electrons. The summed E-state index contributed by atoms with van der Waals surface area (Å²) in [5, 5.41) is 4.86. The summed E-state index contributed by atoms with van der Waals surface area (Å²) < 4.78 is 0. The summed E-state index contributed by atoms with van der Waals surface area (Å²) in [5.74, 6) is 0. The van der Waals surface area contributed by atoms with Crippen molar-refractivity contribution in [2.45, 2.75) is 19.5 Å². The molecule has 1 unspecified atom stereocenters. The van der Waals surface area contributed by atoms with Gasteiger partial charge in [0.25, 0.3) is 0 Å². The van der Waals surface area contributed by atoms with Gasteiger partial charge in [0.2, 0.25) is 0 Å². The summed E-state index contributed by atoms with van der Waals surface area (Å²) in [6.45, 7) is 2.82. The first-order valence-corrected chi connectivity index (χ1v) is 6.49. The SMILES string of the molecule is CC(NCc1ccncc1Cl)c1ccc(Cl)cc1. The van der Waals surface area contributed by atoms with E-state index >= 15 is 0 Å². The van der Waals surface area contributed by atoms with Crippen LogP contribution in [0.15, 0.2) is 42.7 Å². The van der Waals surface area contributed by atoms with Gasteiger partial charge in [0, 0.05) is 30.0 Å². The van der Waals surface area contributed by atoms with Gasteiger partial charge in [0.05, 0.1) is 5.02 Å². The van der Waals surface area contributed by atoms with Crippen molar-refractivity contribution in [2.24, 2.45) is 0 Å². The second-order valence-electron chi connectivity index (χ2n) is 4.12. The maximum absolute atomic E-state index is 6.05. The van der Waals surface area contributed by atoms with E-state index in [1.807, 2.05) is 30.3 Å². The van der Waals surface area contributed by atoms with Crippen LogP contribution in [0.1, 0.15) is 24.1 Å². The van der Waals surface area contributed by atoms with Crippen molar-refractivity contribution in [3.05, 3.63) is 63.9 Å². The largest absolute Gasteiger partial charge is 0.306 e. The number of aromatic nitrogens is 1. The van der Waals surface area contributed by atoms with E-state index < -0.39 is 0 Å². The van der Waals surface area contributed by atoms with Crippen LogP contribution in [0.3, 0.4) is 0 Å². The number of halogens is 2. The lowest BCUT2D eigenvalue weighted by Crippen LogP contribution is -2.18. The maximum Gasteiger partial charge on any atom is 0.0634 e. The van der Waals surface area contributed by atoms with Crippen molar-refractivity contribution >= 4 is 23.2 Å². The number of nitrogens with one attached hydrogen (secondary N) is 1. The van der Waals surface area contributed by atoms with Gasteiger partial charge in [-0.2, -0.15) is 0 Å². The van der Waals surface area contributed by atoms with Crippen LogP contribution >= 0.6 is 23.2 Å². The van der Waals surface area contributed by atoms with E-state index in [1.54, 1.807) is 12.4 Å². The van der Waals surface area contributed by atoms with Crippen LogP contribution in [-0.2, 0) is 6.54 Å². The summed E-state index contributed by atoms with van der Waals surface area (Å²) in [6.07, 6.45) is 3.40. The van der Waals surface area contributed by atoms with Gasteiger partial charge in [-0.15, -0.1) is 0 Å². The Morgan fingerprint density at radius 3 is 2.56 bits per heavy atom. The number of rotatable bonds is 4. The fourth-order valence-corrected chi connectivity index (χ4v) is 1.99. The molecule has 0 aliphatic carbocycles. The second-order valence-corrected chi connectivity index (χ2v) is 4.96. The average molecular weight is 281 g/mol. The molecule has 0 bridgehead atoms. The molecule has 0 amide bonds. The molecule has 0 saturated heterocycles. The molecule has 0 aliphatic rings. The van der Waals surface area contributed by atoms with Crippen LogP contribution in [0.5, 0.6) is 0 Å². The number of hydrogen-bond acceptors (Lipinski definition) is 2. The average Bonchev–Trinajstić information content (AvgIpc) is 2.38. The van der Waals surface area contributed by atoms with E-state index in [1.165, 1.54) is 5.56 Å². The molecule has 0 aliphatic heterocycles. The van der Waals surface area contributed by atoms with E-state index in [9.17, 15) is 0 Å². The van der Waals surface area contributed by atoms with Crippen molar-refractivity contribution in [3.8, 4) is 0 Å². The molecule has 94 valence electrons. The number of hydrogen-bond donors (Lipinski definition) is 1. The van der Waals surface area contributed by atoms with E-state index in [0.29, 0.717) is 11.6 Å². The van der Waals surface area contributed by atoms with Crippen LogP contribution in [0, 0.1) is 0 Å². The molecule has 1 aromatic carbocycles. The smallest absolute Gasteiger partial charge is 0.0634 e. The standard InChI is InChI=1S/C14H14Cl2N2/c1-10(11-2-4-13(15)5-3-11)18-8-12-6-7-17-9-14(12)16/h2-7,9-10,18H,8H2,1H3. The predicted molar refractivity (Wildman–Crippen MR) is 76.0 cm³/mol. The van der Waals surface area contributed by atoms with Crippen LogP contribution in [0.2, 0.25) is 10.0 Å². The van der Waals surface area contributed by atoms with Gasteiger partial charge in [-0.1, -0.05) is 35.3 Å². The molecule has 1 aromatic heterocycles. The quantitative estimate of drug-likeness (QED) is 0.906. The third kappa shape index (κ3) is 3.45. The Bertz CT molecular complexity index is 511. The monoisotopic (exact) mass is 280 g/mol. The third-order valence-electron chi connectivity index (χ3n) is 2.83. The highest BCUT2D eigenvalue weighted by molar-refractivity contribution is 6.31. The Kier molecular flexibility index (Phi) is 4.59. The predicted octanol–water partition coefficient (Wildman–Crippen LogP) is 4.24. The topological polar surface area (TPSA) is 24.9 Å². The summed E-state index contributed by atoms with van der Waals surface area (Å²) >= 11 is 11.9. The zero-order valence-corrected chi connectivity index (χ0v) is 11.5. The van der Waals surface area contributed by atoms with Gasteiger partial charge in [0.15, 0.2) is 0 Å². The van der Waals surface area contributed by atoms with E-state index in [-0.39, 0.29) is 6.04 Å². The van der Waals surface area contributed by atoms with Gasteiger partial charge in [-0.25, -0.2) is 0 Å². The molecule has 2 rings (SSSR count). The van der Waals surface area contributed by atoms with Crippen molar-refractivity contribution < 1.29 is 0 Å². The van der Waals surface area contributed by atoms with E-state index in [2.05, 4.69) is 17.2 Å². The van der Waals surface area contributed by atoms with E-state index in [0.717, 1.165) is 10.6 Å². The van der Waals surface area contributed by atoms with Gasteiger partial charge in [0.1, 0.15) is 0 Å². The highest BCUT2D eigenvalue weighted by atomic mass is 35.5. The molecule has 0 fully saturated rings.